The van der Waals surface area contributed by atoms with Crippen molar-refractivity contribution in [2.75, 3.05) is 18.5 Å². The molecule has 0 saturated heterocycles. The van der Waals surface area contributed by atoms with Crippen molar-refractivity contribution in [3.05, 3.63) is 5.82 Å². The molecule has 1 fully saturated rings. The van der Waals surface area contributed by atoms with Gasteiger partial charge in [0.1, 0.15) is 5.82 Å². The number of nitrogens with zero attached hydrogens (tertiary/aromatic N) is 3. The molecular weight excluding hydrogens is 298 g/mol. The summed E-state index contributed by atoms with van der Waals surface area (Å²) in [6.45, 7) is 7.56. The fourth-order valence-electron chi connectivity index (χ4n) is 1.94. The van der Waals surface area contributed by atoms with Crippen LogP contribution in [0.25, 0.3) is 0 Å². The topological polar surface area (TPSA) is 29.0 Å². The molecule has 0 aliphatic heterocycles. The predicted molar refractivity (Wildman–Crippen MR) is 77.3 cm³/mol. The zero-order valence-corrected chi connectivity index (χ0v) is 13.3. The zero-order chi connectivity index (χ0) is 12.6. The highest BCUT2D eigenvalue weighted by Crippen LogP contribution is 2.34. The molecule has 1 aromatic heterocycles. The maximum Gasteiger partial charge on any atom is 0.204 e. The lowest BCUT2D eigenvalue weighted by molar-refractivity contribution is 0.339. The molecule has 0 amide bonds. The molecule has 96 valence electrons. The molecule has 0 spiro atoms. The summed E-state index contributed by atoms with van der Waals surface area (Å²) in [5, 5.41) is 1.05. The van der Waals surface area contributed by atoms with Crippen LogP contribution < -0.4 is 4.90 Å². The molecular formula is C12H20BrN3S. The van der Waals surface area contributed by atoms with E-state index in [-0.39, 0.29) is 5.41 Å². The molecule has 0 N–H and O–H groups in total. The number of alkyl halides is 1. The second-order valence-electron chi connectivity index (χ2n) is 5.97. The summed E-state index contributed by atoms with van der Waals surface area (Å²) in [7, 11) is 2.12. The first-order valence-electron chi connectivity index (χ1n) is 6.05. The summed E-state index contributed by atoms with van der Waals surface area (Å²) < 4.78 is 4.45. The molecule has 0 unspecified atom stereocenters. The van der Waals surface area contributed by atoms with Gasteiger partial charge in [0.2, 0.25) is 5.13 Å². The zero-order valence-electron chi connectivity index (χ0n) is 10.9. The van der Waals surface area contributed by atoms with Crippen LogP contribution >= 0.6 is 27.5 Å². The summed E-state index contributed by atoms with van der Waals surface area (Å²) in [4.78, 5) is 7.62. The van der Waals surface area contributed by atoms with Gasteiger partial charge in [-0.2, -0.15) is 4.37 Å². The van der Waals surface area contributed by atoms with Gasteiger partial charge >= 0.3 is 0 Å². The molecule has 17 heavy (non-hydrogen) atoms. The molecule has 1 heterocycles. The van der Waals surface area contributed by atoms with E-state index in [2.05, 4.69) is 58.0 Å². The van der Waals surface area contributed by atoms with Crippen LogP contribution in [-0.4, -0.2) is 27.8 Å². The van der Waals surface area contributed by atoms with Crippen molar-refractivity contribution >= 4 is 32.6 Å². The lowest BCUT2D eigenvalue weighted by atomic mass is 9.85. The van der Waals surface area contributed by atoms with Crippen molar-refractivity contribution in [3.8, 4) is 0 Å². The minimum absolute atomic E-state index is 0.0486. The van der Waals surface area contributed by atoms with Gasteiger partial charge in [-0.25, -0.2) is 4.98 Å². The van der Waals surface area contributed by atoms with Gasteiger partial charge in [-0.3, -0.25) is 0 Å². The molecule has 1 aliphatic carbocycles. The minimum atomic E-state index is 0.0486. The van der Waals surface area contributed by atoms with Crippen LogP contribution in [0, 0.1) is 5.92 Å². The van der Waals surface area contributed by atoms with E-state index >= 15 is 0 Å². The Hall–Kier alpha value is -0.160. The van der Waals surface area contributed by atoms with E-state index < -0.39 is 0 Å². The third kappa shape index (κ3) is 3.19. The van der Waals surface area contributed by atoms with Crippen LogP contribution in [0.15, 0.2) is 0 Å². The maximum absolute atomic E-state index is 4.63. The number of hydrogen-bond donors (Lipinski definition) is 0. The minimum Gasteiger partial charge on any atom is -0.350 e. The van der Waals surface area contributed by atoms with E-state index in [0.29, 0.717) is 0 Å². The standard InChI is InChI=1S/C12H20BrN3S/c1-12(2,3)10-14-11(17-15-10)16(4)7-8-5-9(13)6-8/h8-9H,5-7H2,1-4H3. The Morgan fingerprint density at radius 1 is 1.41 bits per heavy atom. The molecule has 0 radical (unpaired) electrons. The number of aromatic nitrogens is 2. The van der Waals surface area contributed by atoms with Gasteiger partial charge in [0.15, 0.2) is 0 Å². The summed E-state index contributed by atoms with van der Waals surface area (Å²) >= 11 is 5.15. The average molecular weight is 318 g/mol. The smallest absolute Gasteiger partial charge is 0.204 e. The highest BCUT2D eigenvalue weighted by molar-refractivity contribution is 9.09. The first-order valence-corrected chi connectivity index (χ1v) is 7.74. The molecule has 2 rings (SSSR count). The van der Waals surface area contributed by atoms with Gasteiger partial charge < -0.3 is 4.90 Å². The van der Waals surface area contributed by atoms with Crippen LogP contribution in [0.5, 0.6) is 0 Å². The predicted octanol–water partition coefficient (Wildman–Crippen LogP) is 3.45. The summed E-state index contributed by atoms with van der Waals surface area (Å²) in [6.07, 6.45) is 2.57. The molecule has 1 aliphatic rings. The SMILES string of the molecule is CN(CC1CC(Br)C1)c1nc(C(C)(C)C)ns1. The second-order valence-corrected chi connectivity index (χ2v) is 7.99. The lowest BCUT2D eigenvalue weighted by Gasteiger charge is -2.34. The lowest BCUT2D eigenvalue weighted by Crippen LogP contribution is -2.34. The Labute approximate surface area is 116 Å². The van der Waals surface area contributed by atoms with Crippen molar-refractivity contribution in [1.29, 1.82) is 0 Å². The first-order chi connectivity index (χ1) is 7.86. The fourth-order valence-corrected chi connectivity index (χ4v) is 3.83. The van der Waals surface area contributed by atoms with Gasteiger partial charge in [0, 0.05) is 35.4 Å². The van der Waals surface area contributed by atoms with Crippen LogP contribution in [0.4, 0.5) is 5.13 Å². The van der Waals surface area contributed by atoms with Gasteiger partial charge in [0.25, 0.3) is 0 Å². The maximum atomic E-state index is 4.63. The number of rotatable bonds is 3. The average Bonchev–Trinajstić information content (AvgIpc) is 2.63. The monoisotopic (exact) mass is 317 g/mol. The van der Waals surface area contributed by atoms with Crippen LogP contribution in [0.1, 0.15) is 39.4 Å². The molecule has 1 saturated carbocycles. The van der Waals surface area contributed by atoms with Crippen molar-refractivity contribution in [2.45, 2.75) is 43.9 Å². The van der Waals surface area contributed by atoms with E-state index in [1.165, 1.54) is 24.4 Å². The number of hydrogen-bond acceptors (Lipinski definition) is 4. The van der Waals surface area contributed by atoms with Gasteiger partial charge in [-0.15, -0.1) is 0 Å². The van der Waals surface area contributed by atoms with Crippen molar-refractivity contribution in [3.63, 3.8) is 0 Å². The molecule has 0 aromatic carbocycles. The van der Waals surface area contributed by atoms with Crippen LogP contribution in [-0.2, 0) is 5.41 Å². The van der Waals surface area contributed by atoms with E-state index in [1.54, 1.807) is 0 Å². The fraction of sp³-hybridized carbons (Fsp3) is 0.833. The van der Waals surface area contributed by atoms with Crippen LogP contribution in [0.2, 0.25) is 0 Å². The third-order valence-electron chi connectivity index (χ3n) is 3.12. The van der Waals surface area contributed by atoms with Gasteiger partial charge in [0.05, 0.1) is 0 Å². The van der Waals surface area contributed by atoms with Crippen molar-refractivity contribution in [1.82, 2.24) is 9.36 Å². The van der Waals surface area contributed by atoms with Gasteiger partial charge in [-0.1, -0.05) is 36.7 Å². The van der Waals surface area contributed by atoms with E-state index in [0.717, 1.165) is 28.2 Å². The normalized spacial score (nSPS) is 24.5. The van der Waals surface area contributed by atoms with Crippen LogP contribution in [0.3, 0.4) is 0 Å². The Morgan fingerprint density at radius 2 is 2.06 bits per heavy atom. The summed E-state index contributed by atoms with van der Waals surface area (Å²) in [6, 6.07) is 0. The Kier molecular flexibility index (Phi) is 3.78. The van der Waals surface area contributed by atoms with Crippen molar-refractivity contribution < 1.29 is 0 Å². The van der Waals surface area contributed by atoms with E-state index in [4.69, 9.17) is 0 Å². The van der Waals surface area contributed by atoms with E-state index in [9.17, 15) is 0 Å². The molecule has 5 heteroatoms. The van der Waals surface area contributed by atoms with Crippen molar-refractivity contribution in [2.24, 2.45) is 5.92 Å². The highest BCUT2D eigenvalue weighted by Gasteiger charge is 2.28. The Bertz CT molecular complexity index is 379. The van der Waals surface area contributed by atoms with Gasteiger partial charge in [-0.05, 0) is 18.8 Å². The summed E-state index contributed by atoms with van der Waals surface area (Å²) in [5.41, 5.74) is 0.0486. The molecule has 1 aromatic rings. The first kappa shape index (κ1) is 13.3. The highest BCUT2D eigenvalue weighted by atomic mass is 79.9. The second kappa shape index (κ2) is 4.84. The molecule has 0 bridgehead atoms. The number of halogens is 1. The quantitative estimate of drug-likeness (QED) is 0.800. The Balaban J connectivity index is 1.95. The molecule has 0 atom stereocenters. The van der Waals surface area contributed by atoms with E-state index in [1.807, 2.05) is 0 Å². The number of anilines is 1. The summed E-state index contributed by atoms with van der Waals surface area (Å²) in [5.74, 6) is 1.77. The third-order valence-corrected chi connectivity index (χ3v) is 4.70. The Morgan fingerprint density at radius 3 is 2.53 bits per heavy atom. The largest absolute Gasteiger partial charge is 0.350 e. The molecule has 3 nitrogen and oxygen atoms in total.